The minimum Gasteiger partial charge on any atom is -0.330 e. The molecule has 0 amide bonds. The molecule has 0 saturated carbocycles. The van der Waals surface area contributed by atoms with Gasteiger partial charge in [0.05, 0.1) is 0 Å². The molecule has 1 aromatic heterocycles. The number of nitrogens with two attached hydrogens (primary N) is 1. The van der Waals surface area contributed by atoms with Crippen molar-refractivity contribution in [3.05, 3.63) is 15.9 Å². The SMILES string of the molecule is CN(C)CCCN.Clc1nc(Cl)nc(Cl)n1. The van der Waals surface area contributed by atoms with Crippen LogP contribution in [0, 0.1) is 0 Å². The summed E-state index contributed by atoms with van der Waals surface area (Å²) in [5.74, 6) is 0. The van der Waals surface area contributed by atoms with E-state index in [1.165, 1.54) is 0 Å². The summed E-state index contributed by atoms with van der Waals surface area (Å²) in [6.07, 6.45) is 1.10. The highest BCUT2D eigenvalue weighted by Gasteiger charge is 1.97. The van der Waals surface area contributed by atoms with E-state index in [1.807, 2.05) is 0 Å². The van der Waals surface area contributed by atoms with E-state index in [1.54, 1.807) is 0 Å². The Morgan fingerprint density at radius 3 is 1.56 bits per heavy atom. The minimum absolute atomic E-state index is 0.000000000000000444. The van der Waals surface area contributed by atoms with Crippen LogP contribution in [0.5, 0.6) is 0 Å². The van der Waals surface area contributed by atoms with Crippen LogP contribution in [0.2, 0.25) is 15.9 Å². The molecule has 0 radical (unpaired) electrons. The molecule has 5 nitrogen and oxygen atoms in total. The largest absolute Gasteiger partial charge is 0.330 e. The molecule has 2 N–H and O–H groups in total. The first-order chi connectivity index (χ1) is 7.45. The van der Waals surface area contributed by atoms with Gasteiger partial charge in [-0.15, -0.1) is 0 Å². The molecule has 0 bridgehead atoms. The summed E-state index contributed by atoms with van der Waals surface area (Å²) in [4.78, 5) is 12.5. The second kappa shape index (κ2) is 8.90. The summed E-state index contributed by atoms with van der Waals surface area (Å²) in [5, 5.41) is 0.00000000000000178. The van der Waals surface area contributed by atoms with Crippen LogP contribution < -0.4 is 5.73 Å². The van der Waals surface area contributed by atoms with Crippen LogP contribution in [0.15, 0.2) is 0 Å². The first-order valence-electron chi connectivity index (χ1n) is 4.53. The molecule has 0 fully saturated rings. The van der Waals surface area contributed by atoms with Gasteiger partial charge < -0.3 is 10.6 Å². The first kappa shape index (κ1) is 15.8. The molecule has 0 unspecified atom stereocenters. The molecule has 8 heteroatoms. The Bertz CT molecular complexity index is 257. The van der Waals surface area contributed by atoms with Crippen molar-refractivity contribution in [2.75, 3.05) is 27.2 Å². The number of hydrogen-bond donors (Lipinski definition) is 1. The van der Waals surface area contributed by atoms with Gasteiger partial charge in [-0.25, -0.2) is 0 Å². The summed E-state index contributed by atoms with van der Waals surface area (Å²) in [5.41, 5.74) is 5.25. The molecule has 1 heterocycles. The Balaban J connectivity index is 0.000000293. The lowest BCUT2D eigenvalue weighted by Gasteiger charge is -2.05. The zero-order valence-corrected chi connectivity index (χ0v) is 11.4. The van der Waals surface area contributed by atoms with Crippen molar-refractivity contribution < 1.29 is 0 Å². The van der Waals surface area contributed by atoms with Crippen LogP contribution in [0.4, 0.5) is 0 Å². The van der Waals surface area contributed by atoms with Crippen molar-refractivity contribution in [2.24, 2.45) is 5.73 Å². The summed E-state index contributed by atoms with van der Waals surface area (Å²) in [6.45, 7) is 1.91. The Hall–Kier alpha value is -0.200. The van der Waals surface area contributed by atoms with Gasteiger partial charge in [-0.1, -0.05) is 0 Å². The van der Waals surface area contributed by atoms with Crippen LogP contribution in [0.1, 0.15) is 6.42 Å². The molecule has 0 aromatic carbocycles. The van der Waals surface area contributed by atoms with Crippen LogP contribution >= 0.6 is 34.8 Å². The normalized spacial score (nSPS) is 9.94. The van der Waals surface area contributed by atoms with Gasteiger partial charge in [0.15, 0.2) is 0 Å². The molecule has 0 aliphatic heterocycles. The number of nitrogens with zero attached hydrogens (tertiary/aromatic N) is 4. The maximum Gasteiger partial charge on any atom is 0.227 e. The third-order valence-corrected chi connectivity index (χ3v) is 1.87. The molecule has 0 saturated heterocycles. The third-order valence-electron chi connectivity index (χ3n) is 1.36. The lowest BCUT2D eigenvalue weighted by atomic mass is 10.4. The van der Waals surface area contributed by atoms with Crippen molar-refractivity contribution in [2.45, 2.75) is 6.42 Å². The number of aromatic nitrogens is 3. The Labute approximate surface area is 110 Å². The monoisotopic (exact) mass is 285 g/mol. The summed E-state index contributed by atoms with van der Waals surface area (Å²) in [6, 6.07) is 0. The van der Waals surface area contributed by atoms with E-state index in [-0.39, 0.29) is 15.9 Å². The van der Waals surface area contributed by atoms with Crippen LogP contribution in [0.25, 0.3) is 0 Å². The van der Waals surface area contributed by atoms with Crippen LogP contribution in [0.3, 0.4) is 0 Å². The fourth-order valence-electron chi connectivity index (χ4n) is 0.711. The number of hydrogen-bond acceptors (Lipinski definition) is 5. The van der Waals surface area contributed by atoms with E-state index in [9.17, 15) is 0 Å². The van der Waals surface area contributed by atoms with Crippen LogP contribution in [-0.2, 0) is 0 Å². The molecule has 1 rings (SSSR count). The lowest BCUT2D eigenvalue weighted by molar-refractivity contribution is 0.403. The topological polar surface area (TPSA) is 67.9 Å². The van der Waals surface area contributed by atoms with Gasteiger partial charge in [-0.05, 0) is 68.4 Å². The Morgan fingerprint density at radius 1 is 1.00 bits per heavy atom. The van der Waals surface area contributed by atoms with E-state index in [4.69, 9.17) is 40.5 Å². The molecule has 0 aliphatic rings. The summed E-state index contributed by atoms with van der Waals surface area (Å²) < 4.78 is 0. The van der Waals surface area contributed by atoms with Gasteiger partial charge in [0.25, 0.3) is 0 Å². The Morgan fingerprint density at radius 2 is 1.38 bits per heavy atom. The smallest absolute Gasteiger partial charge is 0.227 e. The van der Waals surface area contributed by atoms with Crippen molar-refractivity contribution >= 4 is 34.8 Å². The second-order valence-corrected chi connectivity index (χ2v) is 4.10. The average molecular weight is 287 g/mol. The molecule has 16 heavy (non-hydrogen) atoms. The second-order valence-electron chi connectivity index (χ2n) is 3.09. The average Bonchev–Trinajstić information content (AvgIpc) is 2.13. The fourth-order valence-corrected chi connectivity index (χ4v) is 1.32. The van der Waals surface area contributed by atoms with E-state index in [0.717, 1.165) is 19.5 Å². The van der Waals surface area contributed by atoms with Crippen LogP contribution in [-0.4, -0.2) is 47.0 Å². The molecule has 0 spiro atoms. The summed E-state index contributed by atoms with van der Waals surface area (Å²) in [7, 11) is 4.10. The minimum atomic E-state index is 0.000000000000000444. The highest BCUT2D eigenvalue weighted by atomic mass is 35.5. The molecule has 0 aliphatic carbocycles. The Kier molecular flexibility index (Phi) is 8.78. The lowest BCUT2D eigenvalue weighted by Crippen LogP contribution is -2.16. The van der Waals surface area contributed by atoms with E-state index in [0.29, 0.717) is 0 Å². The molecular formula is C8H14Cl3N5. The first-order valence-corrected chi connectivity index (χ1v) is 5.66. The standard InChI is InChI=1S/C5H14N2.C3Cl3N3/c1-7(2)5-3-4-6;4-1-7-2(5)9-3(6)8-1/h3-6H2,1-2H3;. The predicted molar refractivity (Wildman–Crippen MR) is 67.1 cm³/mol. The molecule has 92 valence electrons. The highest BCUT2D eigenvalue weighted by Crippen LogP contribution is 2.08. The van der Waals surface area contributed by atoms with Crippen molar-refractivity contribution in [3.8, 4) is 0 Å². The van der Waals surface area contributed by atoms with E-state index < -0.39 is 0 Å². The van der Waals surface area contributed by atoms with Gasteiger partial charge in [-0.3, -0.25) is 0 Å². The maximum absolute atomic E-state index is 5.32. The number of halogens is 3. The quantitative estimate of drug-likeness (QED) is 0.916. The molecule has 0 atom stereocenters. The fraction of sp³-hybridized carbons (Fsp3) is 0.625. The zero-order valence-electron chi connectivity index (χ0n) is 9.12. The van der Waals surface area contributed by atoms with Gasteiger partial charge in [-0.2, -0.15) is 15.0 Å². The van der Waals surface area contributed by atoms with Crippen molar-refractivity contribution in [1.82, 2.24) is 19.9 Å². The third kappa shape index (κ3) is 9.06. The van der Waals surface area contributed by atoms with E-state index >= 15 is 0 Å². The van der Waals surface area contributed by atoms with Crippen molar-refractivity contribution in [3.63, 3.8) is 0 Å². The van der Waals surface area contributed by atoms with Crippen molar-refractivity contribution in [1.29, 1.82) is 0 Å². The van der Waals surface area contributed by atoms with Gasteiger partial charge >= 0.3 is 0 Å². The summed E-state index contributed by atoms with van der Waals surface area (Å²) >= 11 is 16.0. The van der Waals surface area contributed by atoms with E-state index in [2.05, 4.69) is 33.9 Å². The van der Waals surface area contributed by atoms with Gasteiger partial charge in [0.1, 0.15) is 0 Å². The van der Waals surface area contributed by atoms with Gasteiger partial charge in [0.2, 0.25) is 15.9 Å². The number of rotatable bonds is 3. The highest BCUT2D eigenvalue weighted by molar-refractivity contribution is 6.33. The molecule has 1 aromatic rings. The molecular weight excluding hydrogens is 272 g/mol. The zero-order chi connectivity index (χ0) is 12.6. The van der Waals surface area contributed by atoms with Gasteiger partial charge in [0, 0.05) is 0 Å². The maximum atomic E-state index is 5.32. The predicted octanol–water partition coefficient (Wildman–Crippen LogP) is 1.73.